The molecule has 0 unspecified atom stereocenters. The van der Waals surface area contributed by atoms with Crippen molar-refractivity contribution >= 4 is 5.76 Å². The first-order valence-electron chi connectivity index (χ1n) is 8.50. The molecule has 2 nitrogen and oxygen atoms in total. The summed E-state index contributed by atoms with van der Waals surface area (Å²) in [4.78, 5) is 0. The van der Waals surface area contributed by atoms with Crippen LogP contribution >= 0.6 is 0 Å². The molecule has 0 aromatic heterocycles. The van der Waals surface area contributed by atoms with Gasteiger partial charge < -0.3 is 9.47 Å². The molecule has 2 heteroatoms. The lowest BCUT2D eigenvalue weighted by atomic mass is 9.79. The van der Waals surface area contributed by atoms with Crippen molar-refractivity contribution in [2.24, 2.45) is 10.8 Å². The number of allylic oxidation sites excluding steroid dienone is 1. The van der Waals surface area contributed by atoms with E-state index < -0.39 is 0 Å². The molecule has 0 radical (unpaired) electrons. The Hall–Kier alpha value is -1.44. The number of ether oxygens (including phenoxy) is 2. The molecule has 0 fully saturated rings. The zero-order valence-electron chi connectivity index (χ0n) is 16.2. The van der Waals surface area contributed by atoms with E-state index in [1.54, 1.807) is 14.2 Å². The Morgan fingerprint density at radius 3 is 2.13 bits per heavy atom. The monoisotopic (exact) mass is 318 g/mol. The molecule has 0 spiro atoms. The predicted molar refractivity (Wildman–Crippen MR) is 99.7 cm³/mol. The Balaban J connectivity index is 3.19. The van der Waals surface area contributed by atoms with Gasteiger partial charge in [-0.15, -0.1) is 0 Å². The van der Waals surface area contributed by atoms with E-state index in [4.69, 9.17) is 9.47 Å². The summed E-state index contributed by atoms with van der Waals surface area (Å²) >= 11 is 0. The third-order valence-electron chi connectivity index (χ3n) is 4.07. The van der Waals surface area contributed by atoms with Gasteiger partial charge in [0.25, 0.3) is 0 Å². The van der Waals surface area contributed by atoms with E-state index in [0.717, 1.165) is 23.5 Å². The summed E-state index contributed by atoms with van der Waals surface area (Å²) in [5.41, 5.74) is 2.91. The Labute approximate surface area is 142 Å². The maximum Gasteiger partial charge on any atom is 0.125 e. The third kappa shape index (κ3) is 6.29. The highest BCUT2D eigenvalue weighted by molar-refractivity contribution is 5.65. The summed E-state index contributed by atoms with van der Waals surface area (Å²) < 4.78 is 11.2. The van der Waals surface area contributed by atoms with Gasteiger partial charge in [-0.3, -0.25) is 0 Å². The van der Waals surface area contributed by atoms with Crippen LogP contribution in [0.1, 0.15) is 66.4 Å². The van der Waals surface area contributed by atoms with Crippen molar-refractivity contribution in [3.63, 3.8) is 0 Å². The molecule has 0 N–H and O–H groups in total. The molecule has 0 atom stereocenters. The average Bonchev–Trinajstić information content (AvgIpc) is 2.44. The van der Waals surface area contributed by atoms with E-state index in [2.05, 4.69) is 47.6 Å². The Morgan fingerprint density at radius 2 is 1.65 bits per heavy atom. The van der Waals surface area contributed by atoms with Gasteiger partial charge in [0.2, 0.25) is 0 Å². The molecule has 23 heavy (non-hydrogen) atoms. The van der Waals surface area contributed by atoms with Crippen LogP contribution in [0.3, 0.4) is 0 Å². The van der Waals surface area contributed by atoms with Gasteiger partial charge in [-0.05, 0) is 47.8 Å². The lowest BCUT2D eigenvalue weighted by Crippen LogP contribution is -2.14. The van der Waals surface area contributed by atoms with E-state index >= 15 is 0 Å². The van der Waals surface area contributed by atoms with Gasteiger partial charge in [0.05, 0.1) is 14.2 Å². The number of hydrogen-bond donors (Lipinski definition) is 0. The Kier molecular flexibility index (Phi) is 6.73. The van der Waals surface area contributed by atoms with Crippen LogP contribution < -0.4 is 4.74 Å². The van der Waals surface area contributed by atoms with Gasteiger partial charge in [0.15, 0.2) is 0 Å². The highest BCUT2D eigenvalue weighted by Crippen LogP contribution is 2.38. The second-order valence-electron chi connectivity index (χ2n) is 8.41. The van der Waals surface area contributed by atoms with E-state index in [0.29, 0.717) is 5.41 Å². The van der Waals surface area contributed by atoms with Gasteiger partial charge in [0, 0.05) is 5.56 Å². The molecule has 1 aromatic rings. The lowest BCUT2D eigenvalue weighted by molar-refractivity contribution is 0.335. The first kappa shape index (κ1) is 19.6. The van der Waals surface area contributed by atoms with Crippen molar-refractivity contribution < 1.29 is 9.47 Å². The normalized spacial score (nSPS) is 13.6. The van der Waals surface area contributed by atoms with Crippen molar-refractivity contribution in [2.75, 3.05) is 14.2 Å². The maximum atomic E-state index is 5.83. The molecular formula is C21H34O2. The van der Waals surface area contributed by atoms with Gasteiger partial charge in [0.1, 0.15) is 11.5 Å². The Bertz CT molecular complexity index is 528. The minimum absolute atomic E-state index is 0.0757. The quantitative estimate of drug-likeness (QED) is 0.572. The van der Waals surface area contributed by atoms with Crippen molar-refractivity contribution in [2.45, 2.75) is 60.8 Å². The van der Waals surface area contributed by atoms with Crippen molar-refractivity contribution in [3.8, 4) is 5.75 Å². The SMILES string of the molecule is CO/C(=C(\CCCC(C)(C)C)C(C)(C)C)c1cccc(OC)c1. The Morgan fingerprint density at radius 1 is 1.00 bits per heavy atom. The lowest BCUT2D eigenvalue weighted by Gasteiger charge is -2.28. The average molecular weight is 319 g/mol. The molecule has 0 aliphatic heterocycles. The fraction of sp³-hybridized carbons (Fsp3) is 0.619. The van der Waals surface area contributed by atoms with Crippen LogP contribution in [-0.2, 0) is 4.74 Å². The zero-order chi connectivity index (χ0) is 17.7. The molecule has 0 amide bonds. The third-order valence-corrected chi connectivity index (χ3v) is 4.07. The molecular weight excluding hydrogens is 284 g/mol. The van der Waals surface area contributed by atoms with Gasteiger partial charge in [-0.2, -0.15) is 0 Å². The molecule has 0 heterocycles. The number of benzene rings is 1. The van der Waals surface area contributed by atoms with Crippen molar-refractivity contribution in [1.82, 2.24) is 0 Å². The topological polar surface area (TPSA) is 18.5 Å². The van der Waals surface area contributed by atoms with Crippen LogP contribution in [0.5, 0.6) is 5.75 Å². The summed E-state index contributed by atoms with van der Waals surface area (Å²) in [5, 5.41) is 0. The molecule has 0 aliphatic rings. The van der Waals surface area contributed by atoms with Gasteiger partial charge in [-0.25, -0.2) is 0 Å². The largest absolute Gasteiger partial charge is 0.497 e. The van der Waals surface area contributed by atoms with E-state index in [-0.39, 0.29) is 5.41 Å². The minimum Gasteiger partial charge on any atom is -0.497 e. The summed E-state index contributed by atoms with van der Waals surface area (Å²) in [5.74, 6) is 1.85. The van der Waals surface area contributed by atoms with Crippen LogP contribution in [0.25, 0.3) is 5.76 Å². The predicted octanol–water partition coefficient (Wildman–Crippen LogP) is 6.32. The standard InChI is InChI=1S/C21H34O2/c1-20(2,3)14-10-13-18(21(4,5)6)19(23-8)16-11-9-12-17(15-16)22-7/h9,11-12,15H,10,13-14H2,1-8H3/b19-18+. The first-order chi connectivity index (χ1) is 10.6. The van der Waals surface area contributed by atoms with Crippen molar-refractivity contribution in [3.05, 3.63) is 35.4 Å². The van der Waals surface area contributed by atoms with Crippen LogP contribution in [0, 0.1) is 10.8 Å². The highest BCUT2D eigenvalue weighted by atomic mass is 16.5. The molecule has 0 aliphatic carbocycles. The van der Waals surface area contributed by atoms with Gasteiger partial charge >= 0.3 is 0 Å². The molecule has 1 rings (SSSR count). The summed E-state index contributed by atoms with van der Waals surface area (Å²) in [7, 11) is 3.47. The highest BCUT2D eigenvalue weighted by Gasteiger charge is 2.24. The second kappa shape index (κ2) is 7.90. The smallest absolute Gasteiger partial charge is 0.125 e. The van der Waals surface area contributed by atoms with Crippen LogP contribution in [-0.4, -0.2) is 14.2 Å². The van der Waals surface area contributed by atoms with Crippen LogP contribution in [0.15, 0.2) is 29.8 Å². The van der Waals surface area contributed by atoms with E-state index in [1.165, 1.54) is 18.4 Å². The maximum absolute atomic E-state index is 5.83. The van der Waals surface area contributed by atoms with Crippen molar-refractivity contribution in [1.29, 1.82) is 0 Å². The summed E-state index contributed by atoms with van der Waals surface area (Å²) in [6, 6.07) is 8.13. The molecule has 0 bridgehead atoms. The second-order valence-corrected chi connectivity index (χ2v) is 8.41. The van der Waals surface area contributed by atoms with Crippen LogP contribution in [0.2, 0.25) is 0 Å². The minimum atomic E-state index is 0.0757. The molecule has 0 saturated heterocycles. The first-order valence-corrected chi connectivity index (χ1v) is 8.50. The molecule has 1 aromatic carbocycles. The summed E-state index contributed by atoms with van der Waals surface area (Å²) in [6.07, 6.45) is 3.44. The van der Waals surface area contributed by atoms with E-state index in [9.17, 15) is 0 Å². The fourth-order valence-electron chi connectivity index (χ4n) is 2.80. The van der Waals surface area contributed by atoms with Crippen LogP contribution in [0.4, 0.5) is 0 Å². The molecule has 0 saturated carbocycles. The number of hydrogen-bond acceptors (Lipinski definition) is 2. The zero-order valence-corrected chi connectivity index (χ0v) is 16.2. The number of methoxy groups -OCH3 is 2. The molecule has 130 valence electrons. The van der Waals surface area contributed by atoms with E-state index in [1.807, 2.05) is 18.2 Å². The summed E-state index contributed by atoms with van der Waals surface area (Å²) in [6.45, 7) is 13.7. The fourth-order valence-corrected chi connectivity index (χ4v) is 2.80. The van der Waals surface area contributed by atoms with Gasteiger partial charge in [-0.1, -0.05) is 53.7 Å². The number of rotatable bonds is 6.